The second-order valence-electron chi connectivity index (χ2n) is 9.13. The number of nitrogens with one attached hydrogen (secondary N) is 1. The predicted molar refractivity (Wildman–Crippen MR) is 136 cm³/mol. The van der Waals surface area contributed by atoms with Crippen LogP contribution in [0.15, 0.2) is 72.8 Å². The number of carboxylic acid groups (broad SMARTS) is 1. The predicted octanol–water partition coefficient (Wildman–Crippen LogP) is 3.61. The zero-order valence-electron chi connectivity index (χ0n) is 20.5. The maximum Gasteiger partial charge on any atom is 0.337 e. The number of aliphatic carboxylic acids is 1. The summed E-state index contributed by atoms with van der Waals surface area (Å²) < 4.78 is 5.17. The fourth-order valence-electron chi connectivity index (χ4n) is 3.83. The number of amides is 2. The van der Waals surface area contributed by atoms with Gasteiger partial charge in [0.05, 0.1) is 6.54 Å². The van der Waals surface area contributed by atoms with Crippen LogP contribution in [0.3, 0.4) is 0 Å². The number of carbonyl (C=O) groups excluding carboxylic acids is 2. The Hall–Kier alpha value is -3.91. The van der Waals surface area contributed by atoms with Crippen molar-refractivity contribution in [3.8, 4) is 0 Å². The average Bonchev–Trinajstić information content (AvgIpc) is 2.86. The maximum absolute atomic E-state index is 13.0. The molecule has 0 spiro atoms. The Morgan fingerprint density at radius 2 is 1.56 bits per heavy atom. The Bertz CT molecular complexity index is 1180. The van der Waals surface area contributed by atoms with Gasteiger partial charge >= 0.3 is 18.0 Å². The number of carbonyl (C=O) groups is 3. The standard InChI is InChI=1S/C28H32N2O6/c1-19(2)16-30(17-25(31)27(34)36-18-20-8-4-3-5-9-20)28(35)29-24(26(32)33)15-21-12-13-22-10-6-7-11-23(22)14-21/h3-14,19,24-25,31H,15-18H2,1-2H3,(H,29,35)(H,32,33). The van der Waals surface area contributed by atoms with Crippen molar-refractivity contribution in [2.75, 3.05) is 13.1 Å². The van der Waals surface area contributed by atoms with E-state index in [1.54, 1.807) is 12.1 Å². The molecule has 0 aliphatic carbocycles. The van der Waals surface area contributed by atoms with Crippen LogP contribution in [0.1, 0.15) is 25.0 Å². The maximum atomic E-state index is 13.0. The summed E-state index contributed by atoms with van der Waals surface area (Å²) in [4.78, 5) is 38.5. The van der Waals surface area contributed by atoms with E-state index < -0.39 is 30.1 Å². The molecule has 190 valence electrons. The summed E-state index contributed by atoms with van der Waals surface area (Å²) in [5, 5.41) is 24.7. The minimum absolute atomic E-state index is 0.0000431. The highest BCUT2D eigenvalue weighted by Gasteiger charge is 2.28. The van der Waals surface area contributed by atoms with Gasteiger partial charge in [0.1, 0.15) is 12.6 Å². The van der Waals surface area contributed by atoms with Crippen LogP contribution >= 0.6 is 0 Å². The SMILES string of the molecule is CC(C)CN(CC(O)C(=O)OCc1ccccc1)C(=O)NC(Cc1ccc2ccccc2c1)C(=O)O. The Morgan fingerprint density at radius 1 is 0.889 bits per heavy atom. The molecule has 0 saturated heterocycles. The van der Waals surface area contributed by atoms with Gasteiger partial charge in [0.15, 0.2) is 6.10 Å². The summed E-state index contributed by atoms with van der Waals surface area (Å²) in [6.45, 7) is 3.66. The number of carboxylic acids is 1. The summed E-state index contributed by atoms with van der Waals surface area (Å²) in [7, 11) is 0. The van der Waals surface area contributed by atoms with Crippen molar-refractivity contribution in [3.63, 3.8) is 0 Å². The highest BCUT2D eigenvalue weighted by molar-refractivity contribution is 5.85. The van der Waals surface area contributed by atoms with Crippen molar-refractivity contribution in [2.24, 2.45) is 5.92 Å². The van der Waals surface area contributed by atoms with Crippen LogP contribution in [-0.4, -0.2) is 58.3 Å². The van der Waals surface area contributed by atoms with Gasteiger partial charge in [0.2, 0.25) is 0 Å². The smallest absolute Gasteiger partial charge is 0.337 e. The van der Waals surface area contributed by atoms with Crippen LogP contribution in [0.2, 0.25) is 0 Å². The summed E-state index contributed by atoms with van der Waals surface area (Å²) in [6, 6.07) is 20.6. The lowest BCUT2D eigenvalue weighted by atomic mass is 10.0. The Morgan fingerprint density at radius 3 is 2.22 bits per heavy atom. The first-order chi connectivity index (χ1) is 17.2. The molecule has 2 unspecified atom stereocenters. The molecule has 0 fully saturated rings. The third kappa shape index (κ3) is 7.81. The molecule has 3 aromatic rings. The van der Waals surface area contributed by atoms with Gasteiger partial charge in [-0.25, -0.2) is 14.4 Å². The van der Waals surface area contributed by atoms with E-state index >= 15 is 0 Å². The minimum atomic E-state index is -1.57. The highest BCUT2D eigenvalue weighted by Crippen LogP contribution is 2.17. The lowest BCUT2D eigenvalue weighted by molar-refractivity contribution is -0.155. The number of hydrogen-bond acceptors (Lipinski definition) is 5. The molecule has 8 heteroatoms. The van der Waals surface area contributed by atoms with Gasteiger partial charge < -0.3 is 25.2 Å². The van der Waals surface area contributed by atoms with E-state index in [0.29, 0.717) is 0 Å². The molecule has 3 rings (SSSR count). The van der Waals surface area contributed by atoms with Crippen molar-refractivity contribution >= 4 is 28.7 Å². The number of rotatable bonds is 11. The number of nitrogens with zero attached hydrogens (tertiary/aromatic N) is 1. The van der Waals surface area contributed by atoms with Crippen molar-refractivity contribution in [2.45, 2.75) is 39.0 Å². The molecule has 2 amide bonds. The number of aliphatic hydroxyl groups excluding tert-OH is 1. The molecule has 0 aliphatic heterocycles. The molecule has 3 N–H and O–H groups in total. The largest absolute Gasteiger partial charge is 0.480 e. The number of urea groups is 1. The topological polar surface area (TPSA) is 116 Å². The molecule has 8 nitrogen and oxygen atoms in total. The van der Waals surface area contributed by atoms with E-state index in [2.05, 4.69) is 5.32 Å². The summed E-state index contributed by atoms with van der Waals surface area (Å²) in [5.74, 6) is -2.01. The zero-order chi connectivity index (χ0) is 26.1. The van der Waals surface area contributed by atoms with Gasteiger partial charge in [-0.2, -0.15) is 0 Å². The number of fused-ring (bicyclic) bond motifs is 1. The summed E-state index contributed by atoms with van der Waals surface area (Å²) >= 11 is 0. The van der Waals surface area contributed by atoms with E-state index in [-0.39, 0.29) is 32.0 Å². The number of benzene rings is 3. The second kappa shape index (κ2) is 12.7. The number of esters is 1. The van der Waals surface area contributed by atoms with E-state index in [1.165, 1.54) is 4.90 Å². The molecule has 0 saturated carbocycles. The molecule has 2 atom stereocenters. The number of hydrogen-bond donors (Lipinski definition) is 3. The van der Waals surface area contributed by atoms with E-state index in [0.717, 1.165) is 21.9 Å². The molecule has 36 heavy (non-hydrogen) atoms. The van der Waals surface area contributed by atoms with Crippen molar-refractivity contribution in [1.82, 2.24) is 10.2 Å². The lowest BCUT2D eigenvalue weighted by Crippen LogP contribution is -2.52. The van der Waals surface area contributed by atoms with Gasteiger partial charge in [-0.1, -0.05) is 86.6 Å². The van der Waals surface area contributed by atoms with Crippen LogP contribution < -0.4 is 5.32 Å². The van der Waals surface area contributed by atoms with Crippen molar-refractivity contribution < 1.29 is 29.3 Å². The number of ether oxygens (including phenoxy) is 1. The second-order valence-corrected chi connectivity index (χ2v) is 9.13. The summed E-state index contributed by atoms with van der Waals surface area (Å²) in [6.07, 6.45) is -1.48. The van der Waals surface area contributed by atoms with E-state index in [1.807, 2.05) is 74.5 Å². The summed E-state index contributed by atoms with van der Waals surface area (Å²) in [5.41, 5.74) is 1.54. The first kappa shape index (κ1) is 26.7. The van der Waals surface area contributed by atoms with Gasteiger partial charge in [0.25, 0.3) is 0 Å². The third-order valence-electron chi connectivity index (χ3n) is 5.61. The van der Waals surface area contributed by atoms with Gasteiger partial charge in [-0.15, -0.1) is 0 Å². The van der Waals surface area contributed by atoms with Crippen LogP contribution in [0.4, 0.5) is 4.79 Å². The van der Waals surface area contributed by atoms with Gasteiger partial charge in [-0.05, 0) is 27.8 Å². The molecule has 0 heterocycles. The normalized spacial score (nSPS) is 12.7. The third-order valence-corrected chi connectivity index (χ3v) is 5.61. The molecular weight excluding hydrogens is 460 g/mol. The average molecular weight is 493 g/mol. The zero-order valence-corrected chi connectivity index (χ0v) is 20.5. The molecule has 0 aromatic heterocycles. The molecule has 0 aliphatic rings. The van der Waals surface area contributed by atoms with Gasteiger partial charge in [0, 0.05) is 13.0 Å². The van der Waals surface area contributed by atoms with Crippen molar-refractivity contribution in [1.29, 1.82) is 0 Å². The fourth-order valence-corrected chi connectivity index (χ4v) is 3.83. The Labute approximate surface area is 210 Å². The molecule has 0 radical (unpaired) electrons. The highest BCUT2D eigenvalue weighted by atomic mass is 16.5. The number of aliphatic hydroxyl groups is 1. The van der Waals surface area contributed by atoms with Crippen molar-refractivity contribution in [3.05, 3.63) is 83.9 Å². The monoisotopic (exact) mass is 492 g/mol. The first-order valence-electron chi connectivity index (χ1n) is 11.9. The molecule has 3 aromatic carbocycles. The quantitative estimate of drug-likeness (QED) is 0.352. The Kier molecular flexibility index (Phi) is 9.41. The van der Waals surface area contributed by atoms with Crippen LogP contribution in [0, 0.1) is 5.92 Å². The molecular formula is C28H32N2O6. The van der Waals surface area contributed by atoms with Gasteiger partial charge in [-0.3, -0.25) is 0 Å². The Balaban J connectivity index is 1.64. The minimum Gasteiger partial charge on any atom is -0.480 e. The van der Waals surface area contributed by atoms with E-state index in [4.69, 9.17) is 4.74 Å². The van der Waals surface area contributed by atoms with E-state index in [9.17, 15) is 24.6 Å². The molecule has 0 bridgehead atoms. The van der Waals surface area contributed by atoms with Crippen LogP contribution in [-0.2, 0) is 27.4 Å². The lowest BCUT2D eigenvalue weighted by Gasteiger charge is -2.28. The first-order valence-corrected chi connectivity index (χ1v) is 11.9. The fraction of sp³-hybridized carbons (Fsp3) is 0.321. The van der Waals surface area contributed by atoms with Crippen LogP contribution in [0.25, 0.3) is 10.8 Å². The van der Waals surface area contributed by atoms with Crippen LogP contribution in [0.5, 0.6) is 0 Å².